The van der Waals surface area contributed by atoms with Crippen molar-refractivity contribution in [3.05, 3.63) is 35.4 Å². The van der Waals surface area contributed by atoms with Crippen molar-refractivity contribution in [3.8, 4) is 0 Å². The quantitative estimate of drug-likeness (QED) is 0.792. The minimum absolute atomic E-state index is 0.334. The lowest BCUT2D eigenvalue weighted by molar-refractivity contribution is 0.0999. The molecule has 0 unspecified atom stereocenters. The summed E-state index contributed by atoms with van der Waals surface area (Å²) in [6.45, 7) is 4.23. The van der Waals surface area contributed by atoms with Gasteiger partial charge >= 0.3 is 0 Å². The van der Waals surface area contributed by atoms with Gasteiger partial charge in [-0.3, -0.25) is 4.79 Å². The molecule has 0 radical (unpaired) electrons. The summed E-state index contributed by atoms with van der Waals surface area (Å²) in [5.74, 6) is -0.334. The van der Waals surface area contributed by atoms with Gasteiger partial charge in [0.25, 0.3) is 0 Å². The molecular formula is C13H20N2O. The van der Waals surface area contributed by atoms with Crippen molar-refractivity contribution in [2.45, 2.75) is 19.8 Å². The fourth-order valence-corrected chi connectivity index (χ4v) is 1.68. The maximum atomic E-state index is 11.2. The number of amides is 1. The number of nitrogens with two attached hydrogens (primary N) is 1. The van der Waals surface area contributed by atoms with Crippen LogP contribution in [0.1, 0.15) is 29.3 Å². The van der Waals surface area contributed by atoms with Gasteiger partial charge in [-0.1, -0.05) is 25.1 Å². The van der Waals surface area contributed by atoms with Gasteiger partial charge in [0.05, 0.1) is 0 Å². The molecule has 0 bridgehead atoms. The second-order valence-electron chi connectivity index (χ2n) is 4.02. The number of nitrogens with zero attached hydrogens (tertiary/aromatic N) is 1. The van der Waals surface area contributed by atoms with Crippen LogP contribution >= 0.6 is 0 Å². The number of carbonyl (C=O) groups is 1. The van der Waals surface area contributed by atoms with Crippen LogP contribution in [-0.2, 0) is 6.42 Å². The van der Waals surface area contributed by atoms with Gasteiger partial charge in [0, 0.05) is 5.56 Å². The van der Waals surface area contributed by atoms with E-state index in [9.17, 15) is 4.79 Å². The summed E-state index contributed by atoms with van der Waals surface area (Å²) in [6.07, 6.45) is 1.96. The second kappa shape index (κ2) is 6.28. The Labute approximate surface area is 97.2 Å². The topological polar surface area (TPSA) is 46.3 Å². The predicted octanol–water partition coefficient (Wildman–Crippen LogP) is 1.67. The first-order chi connectivity index (χ1) is 7.65. The number of aryl methyl sites for hydroxylation is 1. The van der Waals surface area contributed by atoms with E-state index >= 15 is 0 Å². The van der Waals surface area contributed by atoms with Crippen LogP contribution in [0.2, 0.25) is 0 Å². The van der Waals surface area contributed by atoms with Crippen LogP contribution in [0, 0.1) is 0 Å². The van der Waals surface area contributed by atoms with E-state index in [-0.39, 0.29) is 5.91 Å². The Morgan fingerprint density at radius 1 is 1.38 bits per heavy atom. The molecule has 0 aliphatic rings. The highest BCUT2D eigenvalue weighted by molar-refractivity contribution is 5.94. The van der Waals surface area contributed by atoms with Crippen molar-refractivity contribution in [2.75, 3.05) is 20.1 Å². The van der Waals surface area contributed by atoms with Crippen molar-refractivity contribution in [1.29, 1.82) is 0 Å². The summed E-state index contributed by atoms with van der Waals surface area (Å²) in [5.41, 5.74) is 7.03. The van der Waals surface area contributed by atoms with Crippen LogP contribution in [0.25, 0.3) is 0 Å². The molecule has 88 valence electrons. The Bertz CT molecular complexity index is 350. The minimum Gasteiger partial charge on any atom is -0.366 e. The van der Waals surface area contributed by atoms with Crippen LogP contribution in [0.5, 0.6) is 0 Å². The summed E-state index contributed by atoms with van der Waals surface area (Å²) >= 11 is 0. The van der Waals surface area contributed by atoms with E-state index in [4.69, 9.17) is 5.73 Å². The van der Waals surface area contributed by atoms with E-state index in [0.717, 1.165) is 31.5 Å². The van der Waals surface area contributed by atoms with Crippen LogP contribution in [0.3, 0.4) is 0 Å². The monoisotopic (exact) mass is 220 g/mol. The smallest absolute Gasteiger partial charge is 0.248 e. The van der Waals surface area contributed by atoms with Crippen LogP contribution in [0.15, 0.2) is 24.3 Å². The lowest BCUT2D eigenvalue weighted by Crippen LogP contribution is -2.20. The summed E-state index contributed by atoms with van der Waals surface area (Å²) in [4.78, 5) is 13.4. The van der Waals surface area contributed by atoms with Gasteiger partial charge in [0.15, 0.2) is 0 Å². The molecule has 0 saturated carbocycles. The zero-order chi connectivity index (χ0) is 12.0. The molecule has 0 fully saturated rings. The van der Waals surface area contributed by atoms with Gasteiger partial charge in [-0.25, -0.2) is 0 Å². The van der Waals surface area contributed by atoms with Gasteiger partial charge in [0.1, 0.15) is 0 Å². The van der Waals surface area contributed by atoms with Gasteiger partial charge in [-0.2, -0.15) is 0 Å². The second-order valence-corrected chi connectivity index (χ2v) is 4.02. The normalized spacial score (nSPS) is 10.7. The molecule has 1 aromatic rings. The van der Waals surface area contributed by atoms with Crippen LogP contribution in [-0.4, -0.2) is 30.9 Å². The van der Waals surface area contributed by atoms with Crippen molar-refractivity contribution >= 4 is 5.91 Å². The third-order valence-electron chi connectivity index (χ3n) is 2.81. The number of hydrogen-bond acceptors (Lipinski definition) is 2. The first kappa shape index (κ1) is 12.7. The number of rotatable bonds is 6. The lowest BCUT2D eigenvalue weighted by atomic mass is 10.0. The molecule has 0 aromatic heterocycles. The third kappa shape index (κ3) is 3.66. The Kier molecular flexibility index (Phi) is 4.99. The maximum Gasteiger partial charge on any atom is 0.248 e. The molecule has 0 aliphatic carbocycles. The van der Waals surface area contributed by atoms with Gasteiger partial charge in [-0.05, 0) is 44.6 Å². The molecule has 1 aromatic carbocycles. The van der Waals surface area contributed by atoms with Crippen LogP contribution in [0.4, 0.5) is 0 Å². The lowest BCUT2D eigenvalue weighted by Gasteiger charge is -2.13. The Morgan fingerprint density at radius 3 is 2.69 bits per heavy atom. The van der Waals surface area contributed by atoms with Crippen molar-refractivity contribution in [2.24, 2.45) is 5.73 Å². The van der Waals surface area contributed by atoms with E-state index in [1.54, 1.807) is 6.07 Å². The third-order valence-corrected chi connectivity index (χ3v) is 2.81. The maximum absolute atomic E-state index is 11.2. The molecule has 0 spiro atoms. The highest BCUT2D eigenvalue weighted by Gasteiger charge is 2.06. The number of hydrogen-bond donors (Lipinski definition) is 1. The molecule has 0 aliphatic heterocycles. The van der Waals surface area contributed by atoms with Crippen molar-refractivity contribution in [3.63, 3.8) is 0 Å². The summed E-state index contributed by atoms with van der Waals surface area (Å²) in [5, 5.41) is 0. The number of benzene rings is 1. The largest absolute Gasteiger partial charge is 0.366 e. The molecule has 2 N–H and O–H groups in total. The first-order valence-corrected chi connectivity index (χ1v) is 5.71. The zero-order valence-electron chi connectivity index (χ0n) is 10.1. The van der Waals surface area contributed by atoms with E-state index in [1.165, 1.54) is 0 Å². The van der Waals surface area contributed by atoms with E-state index < -0.39 is 0 Å². The molecule has 3 heteroatoms. The molecule has 1 rings (SSSR count). The molecule has 1 amide bonds. The van der Waals surface area contributed by atoms with E-state index in [1.807, 2.05) is 18.2 Å². The molecule has 3 nitrogen and oxygen atoms in total. The van der Waals surface area contributed by atoms with Gasteiger partial charge in [-0.15, -0.1) is 0 Å². The Hall–Kier alpha value is -1.35. The SMILES string of the molecule is CCN(C)CCCc1ccccc1C(N)=O. The molecule has 0 heterocycles. The summed E-state index contributed by atoms with van der Waals surface area (Å²) in [7, 11) is 2.10. The molecule has 0 saturated heterocycles. The predicted molar refractivity (Wildman–Crippen MR) is 66.5 cm³/mol. The van der Waals surface area contributed by atoms with E-state index in [2.05, 4.69) is 18.9 Å². The average molecular weight is 220 g/mol. The Morgan fingerprint density at radius 2 is 2.06 bits per heavy atom. The zero-order valence-corrected chi connectivity index (χ0v) is 10.1. The van der Waals surface area contributed by atoms with Gasteiger partial charge < -0.3 is 10.6 Å². The van der Waals surface area contributed by atoms with E-state index in [0.29, 0.717) is 5.56 Å². The Balaban J connectivity index is 2.56. The highest BCUT2D eigenvalue weighted by atomic mass is 16.1. The molecule has 16 heavy (non-hydrogen) atoms. The fourth-order valence-electron chi connectivity index (χ4n) is 1.68. The highest BCUT2D eigenvalue weighted by Crippen LogP contribution is 2.10. The first-order valence-electron chi connectivity index (χ1n) is 5.71. The standard InChI is InChI=1S/C13H20N2O/c1-3-15(2)10-6-8-11-7-4-5-9-12(11)13(14)16/h4-5,7,9H,3,6,8,10H2,1-2H3,(H2,14,16). The summed E-state index contributed by atoms with van der Waals surface area (Å²) in [6, 6.07) is 7.57. The molecular weight excluding hydrogens is 200 g/mol. The summed E-state index contributed by atoms with van der Waals surface area (Å²) < 4.78 is 0. The van der Waals surface area contributed by atoms with Gasteiger partial charge in [0.2, 0.25) is 5.91 Å². The average Bonchev–Trinajstić information content (AvgIpc) is 2.29. The number of primary amides is 1. The number of carbonyl (C=O) groups excluding carboxylic acids is 1. The van der Waals surface area contributed by atoms with Crippen molar-refractivity contribution in [1.82, 2.24) is 4.90 Å². The van der Waals surface area contributed by atoms with Crippen molar-refractivity contribution < 1.29 is 4.79 Å². The fraction of sp³-hybridized carbons (Fsp3) is 0.462. The minimum atomic E-state index is -0.334. The van der Waals surface area contributed by atoms with Crippen LogP contribution < -0.4 is 5.73 Å². The molecule has 0 atom stereocenters.